The number of methoxy groups -OCH3 is 1. The summed E-state index contributed by atoms with van der Waals surface area (Å²) < 4.78 is 11.1. The smallest absolute Gasteiger partial charge is 0.161 e. The first-order chi connectivity index (χ1) is 9.83. The molecule has 0 aliphatic heterocycles. The van der Waals surface area contributed by atoms with Gasteiger partial charge < -0.3 is 14.6 Å². The molecule has 2 aromatic rings. The highest BCUT2D eigenvalue weighted by atomic mass is 16.5. The van der Waals surface area contributed by atoms with Crippen LogP contribution in [-0.2, 0) is 6.61 Å². The monoisotopic (exact) mass is 270 g/mol. The number of aliphatic hydroxyl groups excluding tert-OH is 1. The molecule has 0 saturated heterocycles. The predicted molar refractivity (Wildman–Crippen MR) is 79.9 cm³/mol. The van der Waals surface area contributed by atoms with Crippen LogP contribution in [0.25, 0.3) is 6.08 Å². The van der Waals surface area contributed by atoms with Gasteiger partial charge in [-0.15, -0.1) is 0 Å². The largest absolute Gasteiger partial charge is 0.493 e. The van der Waals surface area contributed by atoms with Crippen LogP contribution in [0.2, 0.25) is 0 Å². The molecular formula is C17H18O3. The summed E-state index contributed by atoms with van der Waals surface area (Å²) >= 11 is 0. The molecule has 0 amide bonds. The van der Waals surface area contributed by atoms with Crippen LogP contribution < -0.4 is 9.47 Å². The summed E-state index contributed by atoms with van der Waals surface area (Å²) in [5.74, 6) is 1.39. The molecule has 0 saturated carbocycles. The van der Waals surface area contributed by atoms with E-state index in [4.69, 9.17) is 14.6 Å². The minimum Gasteiger partial charge on any atom is -0.493 e. The molecule has 0 aliphatic rings. The Morgan fingerprint density at radius 2 is 1.85 bits per heavy atom. The summed E-state index contributed by atoms with van der Waals surface area (Å²) in [6.45, 7) is 0.525. The molecule has 0 unspecified atom stereocenters. The van der Waals surface area contributed by atoms with Gasteiger partial charge in [0.1, 0.15) is 6.61 Å². The Kier molecular flexibility index (Phi) is 5.21. The number of hydrogen-bond donors (Lipinski definition) is 1. The number of hydrogen-bond acceptors (Lipinski definition) is 3. The van der Waals surface area contributed by atoms with Gasteiger partial charge >= 0.3 is 0 Å². The van der Waals surface area contributed by atoms with Crippen molar-refractivity contribution in [3.05, 3.63) is 65.7 Å². The lowest BCUT2D eigenvalue weighted by molar-refractivity contribution is 0.284. The van der Waals surface area contributed by atoms with E-state index in [1.807, 2.05) is 54.6 Å². The second-order valence-corrected chi connectivity index (χ2v) is 4.27. The molecule has 0 heterocycles. The fourth-order valence-electron chi connectivity index (χ4n) is 1.83. The first-order valence-corrected chi connectivity index (χ1v) is 6.45. The van der Waals surface area contributed by atoms with E-state index in [1.54, 1.807) is 13.2 Å². The zero-order chi connectivity index (χ0) is 14.2. The topological polar surface area (TPSA) is 38.7 Å². The summed E-state index contributed by atoms with van der Waals surface area (Å²) in [5, 5.41) is 8.78. The van der Waals surface area contributed by atoms with Crippen molar-refractivity contribution < 1.29 is 14.6 Å². The molecule has 3 heteroatoms. The summed E-state index contributed by atoms with van der Waals surface area (Å²) in [5.41, 5.74) is 2.07. The zero-order valence-corrected chi connectivity index (χ0v) is 11.5. The third kappa shape index (κ3) is 3.87. The minimum atomic E-state index is 0.0224. The van der Waals surface area contributed by atoms with Crippen LogP contribution in [0.5, 0.6) is 11.5 Å². The molecule has 2 rings (SSSR count). The summed E-state index contributed by atoms with van der Waals surface area (Å²) in [6.07, 6.45) is 3.52. The summed E-state index contributed by atoms with van der Waals surface area (Å²) in [6, 6.07) is 15.7. The van der Waals surface area contributed by atoms with Crippen LogP contribution in [0.1, 0.15) is 11.1 Å². The molecule has 20 heavy (non-hydrogen) atoms. The molecular weight excluding hydrogens is 252 g/mol. The van der Waals surface area contributed by atoms with Gasteiger partial charge in [-0.25, -0.2) is 0 Å². The van der Waals surface area contributed by atoms with E-state index < -0.39 is 0 Å². The average molecular weight is 270 g/mol. The molecule has 104 valence electrons. The third-order valence-electron chi connectivity index (χ3n) is 2.84. The lowest BCUT2D eigenvalue weighted by Crippen LogP contribution is -1.97. The maximum absolute atomic E-state index is 8.78. The first kappa shape index (κ1) is 14.2. The van der Waals surface area contributed by atoms with Gasteiger partial charge in [-0.2, -0.15) is 0 Å². The van der Waals surface area contributed by atoms with Gasteiger partial charge in [0.15, 0.2) is 11.5 Å². The van der Waals surface area contributed by atoms with Crippen molar-refractivity contribution in [2.24, 2.45) is 0 Å². The SMILES string of the molecule is COc1cc(/C=C\CO)ccc1OCc1ccccc1. The second-order valence-electron chi connectivity index (χ2n) is 4.27. The van der Waals surface area contributed by atoms with Gasteiger partial charge in [-0.3, -0.25) is 0 Å². The van der Waals surface area contributed by atoms with E-state index in [0.29, 0.717) is 18.1 Å². The Hall–Kier alpha value is -2.26. The minimum absolute atomic E-state index is 0.0224. The first-order valence-electron chi connectivity index (χ1n) is 6.45. The predicted octanol–water partition coefficient (Wildman–Crippen LogP) is 3.28. The standard InChI is InChI=1S/C17H18O3/c1-19-17-12-14(8-5-11-18)9-10-16(17)20-13-15-6-3-2-4-7-15/h2-10,12,18H,11,13H2,1H3/b8-5-. The van der Waals surface area contributed by atoms with Crippen LogP contribution in [0.3, 0.4) is 0 Å². The molecule has 0 radical (unpaired) electrons. The van der Waals surface area contributed by atoms with Crippen molar-refractivity contribution in [2.75, 3.05) is 13.7 Å². The maximum atomic E-state index is 8.78. The summed E-state index contributed by atoms with van der Waals surface area (Å²) in [4.78, 5) is 0. The molecule has 0 aliphatic carbocycles. The van der Waals surface area contributed by atoms with Crippen molar-refractivity contribution in [3.8, 4) is 11.5 Å². The van der Waals surface area contributed by atoms with E-state index in [2.05, 4.69) is 0 Å². The lowest BCUT2D eigenvalue weighted by atomic mass is 10.2. The van der Waals surface area contributed by atoms with E-state index in [9.17, 15) is 0 Å². The van der Waals surface area contributed by atoms with Crippen molar-refractivity contribution in [2.45, 2.75) is 6.61 Å². The van der Waals surface area contributed by atoms with Gasteiger partial charge in [0, 0.05) is 0 Å². The Balaban J connectivity index is 2.09. The number of aliphatic hydroxyl groups is 1. The van der Waals surface area contributed by atoms with Gasteiger partial charge in [-0.05, 0) is 23.3 Å². The molecule has 2 aromatic carbocycles. The van der Waals surface area contributed by atoms with Crippen LogP contribution in [-0.4, -0.2) is 18.8 Å². The van der Waals surface area contributed by atoms with Gasteiger partial charge in [-0.1, -0.05) is 48.6 Å². The molecule has 0 atom stereocenters. The molecule has 3 nitrogen and oxygen atoms in total. The van der Waals surface area contributed by atoms with Gasteiger partial charge in [0.2, 0.25) is 0 Å². The molecule has 0 bridgehead atoms. The second kappa shape index (κ2) is 7.36. The van der Waals surface area contributed by atoms with Crippen molar-refractivity contribution >= 4 is 6.08 Å². The fraction of sp³-hybridized carbons (Fsp3) is 0.176. The number of benzene rings is 2. The number of rotatable bonds is 6. The average Bonchev–Trinajstić information content (AvgIpc) is 2.52. The maximum Gasteiger partial charge on any atom is 0.161 e. The molecule has 0 aromatic heterocycles. The van der Waals surface area contributed by atoms with Crippen LogP contribution in [0, 0.1) is 0 Å². The van der Waals surface area contributed by atoms with Gasteiger partial charge in [0.05, 0.1) is 13.7 Å². The van der Waals surface area contributed by atoms with Crippen molar-refractivity contribution in [1.29, 1.82) is 0 Å². The normalized spacial score (nSPS) is 10.7. The third-order valence-corrected chi connectivity index (χ3v) is 2.84. The Morgan fingerprint density at radius 1 is 1.05 bits per heavy atom. The number of ether oxygens (including phenoxy) is 2. The Labute approximate surface area is 119 Å². The van der Waals surface area contributed by atoms with E-state index in [-0.39, 0.29) is 6.61 Å². The quantitative estimate of drug-likeness (QED) is 0.875. The van der Waals surface area contributed by atoms with Crippen LogP contribution >= 0.6 is 0 Å². The molecule has 0 spiro atoms. The van der Waals surface area contributed by atoms with Crippen LogP contribution in [0.4, 0.5) is 0 Å². The highest BCUT2D eigenvalue weighted by Gasteiger charge is 2.05. The Bertz CT molecular complexity index is 562. The Morgan fingerprint density at radius 3 is 2.55 bits per heavy atom. The highest BCUT2D eigenvalue weighted by Crippen LogP contribution is 2.29. The molecule has 1 N–H and O–H groups in total. The lowest BCUT2D eigenvalue weighted by Gasteiger charge is -2.11. The molecule has 0 fully saturated rings. The van der Waals surface area contributed by atoms with E-state index >= 15 is 0 Å². The summed E-state index contributed by atoms with van der Waals surface area (Å²) in [7, 11) is 1.62. The van der Waals surface area contributed by atoms with Crippen molar-refractivity contribution in [3.63, 3.8) is 0 Å². The van der Waals surface area contributed by atoms with Crippen molar-refractivity contribution in [1.82, 2.24) is 0 Å². The van der Waals surface area contributed by atoms with E-state index in [1.165, 1.54) is 0 Å². The fourth-order valence-corrected chi connectivity index (χ4v) is 1.83. The van der Waals surface area contributed by atoms with E-state index in [0.717, 1.165) is 11.1 Å². The van der Waals surface area contributed by atoms with Gasteiger partial charge in [0.25, 0.3) is 0 Å². The highest BCUT2D eigenvalue weighted by molar-refractivity contribution is 5.55. The van der Waals surface area contributed by atoms with Crippen LogP contribution in [0.15, 0.2) is 54.6 Å². The zero-order valence-electron chi connectivity index (χ0n) is 11.5.